The number of nitrogens with zero attached hydrogens (tertiary/aromatic N) is 2. The second kappa shape index (κ2) is 7.06. The Kier molecular flexibility index (Phi) is 5.40. The molecule has 0 aliphatic carbocycles. The molecule has 0 aromatic carbocycles. The Morgan fingerprint density at radius 2 is 2.05 bits per heavy atom. The SMILES string of the molecule is C=CCNC(=O)C1CCCN(C2CCN(C)CC2)C1. The molecule has 2 heterocycles. The van der Waals surface area contributed by atoms with Gasteiger partial charge in [-0.15, -0.1) is 6.58 Å². The van der Waals surface area contributed by atoms with Crippen molar-refractivity contribution in [2.75, 3.05) is 39.8 Å². The van der Waals surface area contributed by atoms with Gasteiger partial charge < -0.3 is 10.2 Å². The molecule has 4 heteroatoms. The van der Waals surface area contributed by atoms with Crippen molar-refractivity contribution in [2.24, 2.45) is 5.92 Å². The second-order valence-electron chi connectivity index (χ2n) is 5.90. The third-order valence-electron chi connectivity index (χ3n) is 4.45. The number of carbonyl (C=O) groups is 1. The monoisotopic (exact) mass is 265 g/mol. The molecule has 108 valence electrons. The van der Waals surface area contributed by atoms with E-state index in [2.05, 4.69) is 28.7 Å². The van der Waals surface area contributed by atoms with E-state index in [1.54, 1.807) is 6.08 Å². The van der Waals surface area contributed by atoms with Crippen molar-refractivity contribution < 1.29 is 4.79 Å². The number of nitrogens with one attached hydrogen (secondary N) is 1. The van der Waals surface area contributed by atoms with Gasteiger partial charge in [0.1, 0.15) is 0 Å². The van der Waals surface area contributed by atoms with Gasteiger partial charge in [-0.05, 0) is 52.4 Å². The van der Waals surface area contributed by atoms with E-state index in [0.717, 1.165) is 19.4 Å². The lowest BCUT2D eigenvalue weighted by molar-refractivity contribution is -0.126. The van der Waals surface area contributed by atoms with Crippen LogP contribution in [-0.4, -0.2) is 61.5 Å². The van der Waals surface area contributed by atoms with Crippen LogP contribution in [0.1, 0.15) is 25.7 Å². The number of likely N-dealkylation sites (tertiary alicyclic amines) is 2. The molecule has 2 fully saturated rings. The first kappa shape index (κ1) is 14.5. The highest BCUT2D eigenvalue weighted by Gasteiger charge is 2.30. The van der Waals surface area contributed by atoms with Crippen LogP contribution in [0.15, 0.2) is 12.7 Å². The van der Waals surface area contributed by atoms with Gasteiger partial charge in [0, 0.05) is 19.1 Å². The van der Waals surface area contributed by atoms with Gasteiger partial charge in [-0.25, -0.2) is 0 Å². The quantitative estimate of drug-likeness (QED) is 0.773. The van der Waals surface area contributed by atoms with Gasteiger partial charge in [0.15, 0.2) is 0 Å². The smallest absolute Gasteiger partial charge is 0.224 e. The van der Waals surface area contributed by atoms with Gasteiger partial charge >= 0.3 is 0 Å². The molecule has 0 saturated carbocycles. The van der Waals surface area contributed by atoms with Crippen molar-refractivity contribution in [2.45, 2.75) is 31.7 Å². The zero-order valence-electron chi connectivity index (χ0n) is 12.1. The third kappa shape index (κ3) is 4.05. The summed E-state index contributed by atoms with van der Waals surface area (Å²) in [6.45, 7) is 8.72. The first-order valence-corrected chi connectivity index (χ1v) is 7.52. The standard InChI is InChI=1S/C15H27N3O/c1-3-8-16-15(19)13-5-4-9-18(12-13)14-6-10-17(2)11-7-14/h3,13-14H,1,4-12H2,2H3,(H,16,19). The first-order chi connectivity index (χ1) is 9.20. The third-order valence-corrected chi connectivity index (χ3v) is 4.45. The molecule has 1 N–H and O–H groups in total. The maximum absolute atomic E-state index is 12.0. The van der Waals surface area contributed by atoms with Gasteiger partial charge in [0.25, 0.3) is 0 Å². The summed E-state index contributed by atoms with van der Waals surface area (Å²) in [5, 5.41) is 2.94. The van der Waals surface area contributed by atoms with Crippen LogP contribution < -0.4 is 5.32 Å². The summed E-state index contributed by atoms with van der Waals surface area (Å²) in [6.07, 6.45) is 6.43. The molecule has 0 spiro atoms. The molecule has 1 unspecified atom stereocenters. The molecule has 1 atom stereocenters. The molecule has 0 aromatic heterocycles. The molecule has 1 amide bonds. The van der Waals surface area contributed by atoms with Crippen molar-refractivity contribution in [3.8, 4) is 0 Å². The number of hydrogen-bond donors (Lipinski definition) is 1. The molecule has 19 heavy (non-hydrogen) atoms. The van der Waals surface area contributed by atoms with Crippen LogP contribution in [0.3, 0.4) is 0 Å². The van der Waals surface area contributed by atoms with Crippen molar-refractivity contribution in [3.63, 3.8) is 0 Å². The van der Waals surface area contributed by atoms with Gasteiger partial charge in [-0.2, -0.15) is 0 Å². The van der Waals surface area contributed by atoms with Crippen molar-refractivity contribution in [3.05, 3.63) is 12.7 Å². The Morgan fingerprint density at radius 3 is 2.74 bits per heavy atom. The summed E-state index contributed by atoms with van der Waals surface area (Å²) in [7, 11) is 2.19. The fourth-order valence-corrected chi connectivity index (χ4v) is 3.23. The lowest BCUT2D eigenvalue weighted by Gasteiger charge is -2.41. The topological polar surface area (TPSA) is 35.6 Å². The first-order valence-electron chi connectivity index (χ1n) is 7.52. The van der Waals surface area contributed by atoms with Crippen LogP contribution >= 0.6 is 0 Å². The molecular formula is C15H27N3O. The van der Waals surface area contributed by atoms with E-state index in [1.807, 2.05) is 0 Å². The summed E-state index contributed by atoms with van der Waals surface area (Å²) in [4.78, 5) is 17.0. The number of rotatable bonds is 4. The van der Waals surface area contributed by atoms with Crippen LogP contribution in [0.2, 0.25) is 0 Å². The number of carbonyl (C=O) groups excluding carboxylic acids is 1. The van der Waals surface area contributed by atoms with E-state index in [9.17, 15) is 4.79 Å². The Hall–Kier alpha value is -0.870. The summed E-state index contributed by atoms with van der Waals surface area (Å²) in [5.41, 5.74) is 0. The van der Waals surface area contributed by atoms with Crippen molar-refractivity contribution in [1.82, 2.24) is 15.1 Å². The minimum Gasteiger partial charge on any atom is -0.352 e. The number of amides is 1. The Labute approximate surface area is 116 Å². The fourth-order valence-electron chi connectivity index (χ4n) is 3.23. The van der Waals surface area contributed by atoms with Crippen LogP contribution in [0.5, 0.6) is 0 Å². The summed E-state index contributed by atoms with van der Waals surface area (Å²) in [6, 6.07) is 0.686. The molecule has 2 saturated heterocycles. The van der Waals surface area contributed by atoms with E-state index in [-0.39, 0.29) is 11.8 Å². The highest BCUT2D eigenvalue weighted by Crippen LogP contribution is 2.23. The molecule has 2 aliphatic rings. The fraction of sp³-hybridized carbons (Fsp3) is 0.800. The van der Waals surface area contributed by atoms with E-state index in [0.29, 0.717) is 12.6 Å². The second-order valence-corrected chi connectivity index (χ2v) is 5.90. The zero-order valence-corrected chi connectivity index (χ0v) is 12.1. The summed E-state index contributed by atoms with van der Waals surface area (Å²) in [5.74, 6) is 0.380. The van der Waals surface area contributed by atoms with E-state index in [4.69, 9.17) is 0 Å². The van der Waals surface area contributed by atoms with Crippen LogP contribution in [0.4, 0.5) is 0 Å². The maximum atomic E-state index is 12.0. The lowest BCUT2D eigenvalue weighted by Crippen LogP contribution is -2.50. The number of piperidine rings is 2. The molecule has 0 radical (unpaired) electrons. The van der Waals surface area contributed by atoms with E-state index >= 15 is 0 Å². The predicted octanol–water partition coefficient (Wildman–Crippen LogP) is 1.09. The average molecular weight is 265 g/mol. The van der Waals surface area contributed by atoms with E-state index in [1.165, 1.54) is 32.5 Å². The lowest BCUT2D eigenvalue weighted by atomic mass is 9.93. The summed E-state index contributed by atoms with van der Waals surface area (Å²) >= 11 is 0. The van der Waals surface area contributed by atoms with Crippen molar-refractivity contribution >= 4 is 5.91 Å². The minimum absolute atomic E-state index is 0.174. The average Bonchev–Trinajstić information content (AvgIpc) is 2.45. The van der Waals surface area contributed by atoms with Crippen molar-refractivity contribution in [1.29, 1.82) is 0 Å². The molecular weight excluding hydrogens is 238 g/mol. The zero-order chi connectivity index (χ0) is 13.7. The van der Waals surface area contributed by atoms with Gasteiger partial charge in [-0.1, -0.05) is 6.08 Å². The molecule has 4 nitrogen and oxygen atoms in total. The van der Waals surface area contributed by atoms with Crippen LogP contribution in [-0.2, 0) is 4.79 Å². The van der Waals surface area contributed by atoms with Crippen LogP contribution in [0.25, 0.3) is 0 Å². The number of hydrogen-bond acceptors (Lipinski definition) is 3. The molecule has 2 aliphatic heterocycles. The van der Waals surface area contributed by atoms with Gasteiger partial charge in [0.2, 0.25) is 5.91 Å². The highest BCUT2D eigenvalue weighted by atomic mass is 16.1. The van der Waals surface area contributed by atoms with Gasteiger partial charge in [-0.3, -0.25) is 9.69 Å². The molecule has 0 aromatic rings. The van der Waals surface area contributed by atoms with Crippen LogP contribution in [0, 0.1) is 5.92 Å². The largest absolute Gasteiger partial charge is 0.352 e. The molecule has 0 bridgehead atoms. The Morgan fingerprint density at radius 1 is 1.32 bits per heavy atom. The maximum Gasteiger partial charge on any atom is 0.224 e. The Bertz CT molecular complexity index is 311. The predicted molar refractivity (Wildman–Crippen MR) is 78.0 cm³/mol. The summed E-state index contributed by atoms with van der Waals surface area (Å²) < 4.78 is 0. The highest BCUT2D eigenvalue weighted by molar-refractivity contribution is 5.79. The molecule has 2 rings (SSSR count). The minimum atomic E-state index is 0.174. The van der Waals surface area contributed by atoms with E-state index < -0.39 is 0 Å². The Balaban J connectivity index is 1.83. The normalized spacial score (nSPS) is 27.1. The van der Waals surface area contributed by atoms with Gasteiger partial charge in [0.05, 0.1) is 5.92 Å².